The molecule has 2 saturated heterocycles. The molecule has 0 aliphatic carbocycles. The van der Waals surface area contributed by atoms with Gasteiger partial charge in [-0.15, -0.1) is 12.2 Å². The molecule has 0 saturated carbocycles. The number of H-pyrrole nitrogens is 1. The van der Waals surface area contributed by atoms with Crippen LogP contribution in [0.15, 0.2) is 21.9 Å². The van der Waals surface area contributed by atoms with Gasteiger partial charge in [0.2, 0.25) is 0 Å². The summed E-state index contributed by atoms with van der Waals surface area (Å²) in [6.45, 7) is 10.8. The Labute approximate surface area is 190 Å². The van der Waals surface area contributed by atoms with Crippen molar-refractivity contribution >= 4 is 48.4 Å². The summed E-state index contributed by atoms with van der Waals surface area (Å²) in [7, 11) is -2.10. The van der Waals surface area contributed by atoms with E-state index in [0.717, 1.165) is 16.1 Å². The second-order valence-corrected chi connectivity index (χ2v) is 24.7. The first-order valence-corrected chi connectivity index (χ1v) is 18.6. The Morgan fingerprint density at radius 2 is 2.00 bits per heavy atom. The minimum atomic E-state index is -2.16. The summed E-state index contributed by atoms with van der Waals surface area (Å²) < 4.78 is 35.1. The Morgan fingerprint density at radius 1 is 1.37 bits per heavy atom. The lowest BCUT2D eigenvalue weighted by Gasteiger charge is -2.37. The normalized spacial score (nSPS) is 29.4. The maximum atomic E-state index is 15.6. The van der Waals surface area contributed by atoms with Gasteiger partial charge in [0.05, 0.1) is 6.61 Å². The molecule has 2 aliphatic rings. The number of hydrogen-bond donors (Lipinski definition) is 2. The molecule has 2 fully saturated rings. The quantitative estimate of drug-likeness (QED) is 0.333. The fraction of sp³-hybridized carbons (Fsp3) is 0.765. The van der Waals surface area contributed by atoms with Crippen molar-refractivity contribution in [2.75, 3.05) is 18.1 Å². The van der Waals surface area contributed by atoms with Gasteiger partial charge in [0, 0.05) is 23.8 Å². The largest absolute Gasteiger partial charge is 0.414 e. The standard InChI is InChI=1S/C17H29FN2O5PS3Si/c1-17(2,3)30(4,5)23-10-11-14(25-26(27)28-8-9-29-26)13(18)15(24-11)20-7-6-12(21)19-16(20)22/h6-7,11,13-15,27H,8-10H2,1-5H3,(H,19,21,22)/t11-,13-,14-,15-/m1/s1. The summed E-state index contributed by atoms with van der Waals surface area (Å²) in [5.74, 6) is 1.81. The fourth-order valence-corrected chi connectivity index (χ4v) is 13.4. The third kappa shape index (κ3) is 5.39. The van der Waals surface area contributed by atoms with Crippen molar-refractivity contribution in [3.8, 4) is 0 Å². The number of nitrogens with one attached hydrogen (secondary N) is 1. The lowest BCUT2D eigenvalue weighted by molar-refractivity contribution is -0.0438. The van der Waals surface area contributed by atoms with Gasteiger partial charge < -0.3 is 13.7 Å². The number of hydrogen-bond acceptors (Lipinski definition) is 8. The summed E-state index contributed by atoms with van der Waals surface area (Å²) in [4.78, 5) is 25.8. The van der Waals surface area contributed by atoms with Crippen molar-refractivity contribution in [3.63, 3.8) is 0 Å². The lowest BCUT2D eigenvalue weighted by Crippen LogP contribution is -2.44. The SMILES string of the molecule is CC(C)(C)[Si](C)(C)OC[C@H]1O[C@@H](n2ccc(=O)[nH]c2=O)[C@H](F)[C@@H]1O[P]1(S)SCCS1. The van der Waals surface area contributed by atoms with Gasteiger partial charge in [-0.05, 0) is 18.1 Å². The summed E-state index contributed by atoms with van der Waals surface area (Å²) in [6.07, 6.45) is -3.17. The van der Waals surface area contributed by atoms with Crippen LogP contribution in [0, 0.1) is 0 Å². The summed E-state index contributed by atoms with van der Waals surface area (Å²) >= 11 is 7.93. The summed E-state index contributed by atoms with van der Waals surface area (Å²) in [6, 6.07) is 1.17. The maximum absolute atomic E-state index is 15.6. The van der Waals surface area contributed by atoms with E-state index in [4.69, 9.17) is 25.9 Å². The van der Waals surface area contributed by atoms with Gasteiger partial charge in [0.15, 0.2) is 20.7 Å². The van der Waals surface area contributed by atoms with Crippen molar-refractivity contribution in [1.82, 2.24) is 9.55 Å². The molecule has 1 radical (unpaired) electrons. The van der Waals surface area contributed by atoms with E-state index >= 15 is 4.39 Å². The highest BCUT2D eigenvalue weighted by molar-refractivity contribution is 9.15. The number of ether oxygens (including phenoxy) is 1. The maximum Gasteiger partial charge on any atom is 0.330 e. The first kappa shape index (κ1) is 24.8. The third-order valence-corrected chi connectivity index (χ3v) is 20.2. The number of thiol groups is 1. The van der Waals surface area contributed by atoms with E-state index < -0.39 is 49.3 Å². The zero-order valence-corrected chi connectivity index (χ0v) is 22.1. The molecule has 0 amide bonds. The Bertz CT molecular complexity index is 874. The number of alkyl halides is 1. The van der Waals surface area contributed by atoms with Crippen LogP contribution in [0.5, 0.6) is 0 Å². The second kappa shape index (κ2) is 9.21. The molecule has 171 valence electrons. The van der Waals surface area contributed by atoms with Crippen LogP contribution in [0.4, 0.5) is 4.39 Å². The van der Waals surface area contributed by atoms with Gasteiger partial charge in [0.25, 0.3) is 5.56 Å². The van der Waals surface area contributed by atoms with E-state index in [1.807, 2.05) is 0 Å². The molecule has 1 aromatic rings. The highest BCUT2D eigenvalue weighted by Crippen LogP contribution is 2.87. The molecule has 0 aromatic carbocycles. The lowest BCUT2D eigenvalue weighted by atomic mass is 10.1. The van der Waals surface area contributed by atoms with E-state index in [2.05, 4.69) is 38.8 Å². The predicted octanol–water partition coefficient (Wildman–Crippen LogP) is 4.27. The molecule has 30 heavy (non-hydrogen) atoms. The summed E-state index contributed by atoms with van der Waals surface area (Å²) in [5, 5.41) is -2.17. The van der Waals surface area contributed by atoms with Crippen LogP contribution < -0.4 is 11.2 Å². The highest BCUT2D eigenvalue weighted by Gasteiger charge is 2.51. The van der Waals surface area contributed by atoms with Crippen LogP contribution >= 0.6 is 40.1 Å². The summed E-state index contributed by atoms with van der Waals surface area (Å²) in [5.41, 5.74) is -1.27. The number of nitrogens with zero attached hydrogens (tertiary/aromatic N) is 1. The van der Waals surface area contributed by atoms with Gasteiger partial charge in [0.1, 0.15) is 17.3 Å². The number of aromatic amines is 1. The van der Waals surface area contributed by atoms with Crippen molar-refractivity contribution in [3.05, 3.63) is 33.1 Å². The molecule has 1 aromatic heterocycles. The zero-order chi connectivity index (χ0) is 22.3. The Morgan fingerprint density at radius 3 is 2.57 bits per heavy atom. The molecule has 3 heterocycles. The smallest absolute Gasteiger partial charge is 0.330 e. The van der Waals surface area contributed by atoms with Gasteiger partial charge in [-0.25, -0.2) is 9.18 Å². The molecule has 0 bridgehead atoms. The van der Waals surface area contributed by atoms with Gasteiger partial charge >= 0.3 is 5.69 Å². The fourth-order valence-electron chi connectivity index (χ4n) is 2.87. The molecule has 4 atom stereocenters. The molecule has 13 heteroatoms. The van der Waals surface area contributed by atoms with Crippen molar-refractivity contribution in [1.29, 1.82) is 0 Å². The average molecular weight is 516 g/mol. The monoisotopic (exact) mass is 515 g/mol. The second-order valence-electron chi connectivity index (χ2n) is 8.80. The van der Waals surface area contributed by atoms with Crippen LogP contribution in [0.3, 0.4) is 0 Å². The van der Waals surface area contributed by atoms with Crippen LogP contribution in [0.25, 0.3) is 0 Å². The molecule has 1 N–H and O–H groups in total. The Hall–Kier alpha value is 0.187. The molecule has 3 rings (SSSR count). The van der Waals surface area contributed by atoms with Crippen molar-refractivity contribution < 1.29 is 18.1 Å². The average Bonchev–Trinajstić information content (AvgIpc) is 3.18. The molecule has 2 aliphatic heterocycles. The van der Waals surface area contributed by atoms with E-state index in [9.17, 15) is 9.59 Å². The van der Waals surface area contributed by atoms with Crippen LogP contribution in [0.1, 0.15) is 27.0 Å². The van der Waals surface area contributed by atoms with E-state index in [1.54, 1.807) is 22.8 Å². The molecule has 0 spiro atoms. The van der Waals surface area contributed by atoms with Crippen LogP contribution in [-0.2, 0) is 13.7 Å². The molecule has 7 nitrogen and oxygen atoms in total. The molecular weight excluding hydrogens is 486 g/mol. The van der Waals surface area contributed by atoms with E-state index in [0.29, 0.717) is 0 Å². The van der Waals surface area contributed by atoms with Crippen molar-refractivity contribution in [2.45, 2.75) is 63.5 Å². The number of rotatable bonds is 6. The van der Waals surface area contributed by atoms with Gasteiger partial charge in [-0.2, -0.15) is 0 Å². The minimum Gasteiger partial charge on any atom is -0.414 e. The highest BCUT2D eigenvalue weighted by atomic mass is 33.4. The Kier molecular flexibility index (Phi) is 7.62. The van der Waals surface area contributed by atoms with Crippen LogP contribution in [0.2, 0.25) is 18.1 Å². The zero-order valence-electron chi connectivity index (χ0n) is 17.7. The molecule has 0 unspecified atom stereocenters. The van der Waals surface area contributed by atoms with E-state index in [-0.39, 0.29) is 11.6 Å². The first-order chi connectivity index (χ1) is 13.8. The van der Waals surface area contributed by atoms with E-state index in [1.165, 1.54) is 12.3 Å². The first-order valence-electron chi connectivity index (χ1n) is 9.67. The van der Waals surface area contributed by atoms with Gasteiger partial charge in [-0.1, -0.05) is 43.5 Å². The van der Waals surface area contributed by atoms with Gasteiger partial charge in [-0.3, -0.25) is 14.3 Å². The van der Waals surface area contributed by atoms with Crippen LogP contribution in [-0.4, -0.2) is 54.4 Å². The number of aromatic nitrogens is 2. The van der Waals surface area contributed by atoms with Crippen molar-refractivity contribution in [2.24, 2.45) is 0 Å². The number of halogens is 1. The predicted molar refractivity (Wildman–Crippen MR) is 129 cm³/mol. The molecular formula is C17H29FN2O5PS3Si. The topological polar surface area (TPSA) is 82.5 Å². The Balaban J connectivity index is 1.85. The third-order valence-electron chi connectivity index (χ3n) is 5.65. The minimum absolute atomic E-state index is 0.0126.